The summed E-state index contributed by atoms with van der Waals surface area (Å²) < 4.78 is 5.27. The average Bonchev–Trinajstić information content (AvgIpc) is 3.03. The van der Waals surface area contributed by atoms with E-state index in [1.807, 2.05) is 29.2 Å². The van der Waals surface area contributed by atoms with Gasteiger partial charge in [0, 0.05) is 24.9 Å². The number of benzene rings is 1. The molecular formula is C17H18N2O2S. The highest BCUT2D eigenvalue weighted by Gasteiger charge is 2.26. The van der Waals surface area contributed by atoms with Gasteiger partial charge in [0.05, 0.1) is 18.1 Å². The Morgan fingerprint density at radius 1 is 1.32 bits per heavy atom. The van der Waals surface area contributed by atoms with Crippen molar-refractivity contribution in [2.45, 2.75) is 12.3 Å². The number of morpholine rings is 1. The SMILES string of the molecule is Cc1ccc(C#CC2NC=C(C(=O)N3CCOCC3)S2)cc1. The van der Waals surface area contributed by atoms with Gasteiger partial charge in [0.1, 0.15) is 5.37 Å². The van der Waals surface area contributed by atoms with Gasteiger partial charge in [0.15, 0.2) is 0 Å². The molecule has 1 N–H and O–H groups in total. The van der Waals surface area contributed by atoms with E-state index >= 15 is 0 Å². The third-order valence-corrected chi connectivity index (χ3v) is 4.55. The first-order valence-electron chi connectivity index (χ1n) is 7.30. The molecule has 0 radical (unpaired) electrons. The van der Waals surface area contributed by atoms with Crippen molar-refractivity contribution >= 4 is 17.7 Å². The summed E-state index contributed by atoms with van der Waals surface area (Å²) in [5.74, 6) is 6.37. The number of carbonyl (C=O) groups excluding carboxylic acids is 1. The number of hydrogen-bond acceptors (Lipinski definition) is 4. The molecule has 2 heterocycles. The van der Waals surface area contributed by atoms with E-state index in [-0.39, 0.29) is 11.3 Å². The maximum absolute atomic E-state index is 12.4. The number of rotatable bonds is 1. The molecule has 1 aromatic rings. The molecule has 5 heteroatoms. The fourth-order valence-corrected chi connectivity index (χ4v) is 3.11. The van der Waals surface area contributed by atoms with Gasteiger partial charge in [0.2, 0.25) is 0 Å². The van der Waals surface area contributed by atoms with Gasteiger partial charge in [-0.2, -0.15) is 0 Å². The number of amides is 1. The van der Waals surface area contributed by atoms with Crippen molar-refractivity contribution in [3.05, 3.63) is 46.5 Å². The molecule has 114 valence electrons. The van der Waals surface area contributed by atoms with E-state index in [1.165, 1.54) is 17.3 Å². The molecule has 1 atom stereocenters. The zero-order valence-corrected chi connectivity index (χ0v) is 13.3. The quantitative estimate of drug-likeness (QED) is 0.801. The van der Waals surface area contributed by atoms with Crippen LogP contribution >= 0.6 is 11.8 Å². The molecule has 22 heavy (non-hydrogen) atoms. The first kappa shape index (κ1) is 15.0. The minimum atomic E-state index is -0.0682. The number of nitrogens with one attached hydrogen (secondary N) is 1. The minimum Gasteiger partial charge on any atom is -0.378 e. The van der Waals surface area contributed by atoms with Crippen LogP contribution in [0.5, 0.6) is 0 Å². The lowest BCUT2D eigenvalue weighted by atomic mass is 10.2. The van der Waals surface area contributed by atoms with Crippen LogP contribution in [0.4, 0.5) is 0 Å². The fraction of sp³-hybridized carbons (Fsp3) is 0.353. The topological polar surface area (TPSA) is 41.6 Å². The van der Waals surface area contributed by atoms with E-state index in [0.717, 1.165) is 10.5 Å². The van der Waals surface area contributed by atoms with Crippen LogP contribution in [-0.4, -0.2) is 42.5 Å². The van der Waals surface area contributed by atoms with Gasteiger partial charge in [-0.15, -0.1) is 0 Å². The normalized spacial score (nSPS) is 20.7. The van der Waals surface area contributed by atoms with Gasteiger partial charge in [-0.05, 0) is 19.1 Å². The smallest absolute Gasteiger partial charge is 0.262 e. The van der Waals surface area contributed by atoms with Crippen molar-refractivity contribution in [2.75, 3.05) is 26.3 Å². The molecule has 1 amide bonds. The molecule has 0 bridgehead atoms. The first-order valence-corrected chi connectivity index (χ1v) is 8.18. The second-order valence-electron chi connectivity index (χ2n) is 5.21. The Hall–Kier alpha value is -1.90. The van der Waals surface area contributed by atoms with Gasteiger partial charge in [-0.1, -0.05) is 41.3 Å². The van der Waals surface area contributed by atoms with E-state index in [0.29, 0.717) is 26.3 Å². The van der Waals surface area contributed by atoms with Crippen LogP contribution in [-0.2, 0) is 9.53 Å². The third kappa shape index (κ3) is 3.65. The van der Waals surface area contributed by atoms with Crippen molar-refractivity contribution in [3.63, 3.8) is 0 Å². The number of aryl methyl sites for hydroxylation is 1. The Labute approximate surface area is 134 Å². The van der Waals surface area contributed by atoms with Crippen molar-refractivity contribution in [1.82, 2.24) is 10.2 Å². The first-order chi connectivity index (χ1) is 10.7. The van der Waals surface area contributed by atoms with Crippen LogP contribution in [0.2, 0.25) is 0 Å². The summed E-state index contributed by atoms with van der Waals surface area (Å²) in [4.78, 5) is 14.9. The maximum atomic E-state index is 12.4. The van der Waals surface area contributed by atoms with Gasteiger partial charge in [0.25, 0.3) is 5.91 Å². The maximum Gasteiger partial charge on any atom is 0.262 e. The standard InChI is InChI=1S/C17H18N2O2S/c1-13-2-4-14(5-3-13)6-7-16-18-12-15(22-16)17(20)19-8-10-21-11-9-19/h2-5,12,16,18H,8-11H2,1H3. The molecule has 1 unspecified atom stereocenters. The van der Waals surface area contributed by atoms with Crippen LogP contribution in [0.3, 0.4) is 0 Å². The zero-order chi connectivity index (χ0) is 15.4. The van der Waals surface area contributed by atoms with E-state index in [9.17, 15) is 4.79 Å². The Bertz CT molecular complexity index is 637. The Kier molecular flexibility index (Phi) is 4.71. The molecule has 0 aromatic heterocycles. The molecule has 0 spiro atoms. The van der Waals surface area contributed by atoms with E-state index in [1.54, 1.807) is 6.20 Å². The third-order valence-electron chi connectivity index (χ3n) is 3.52. The molecule has 3 rings (SSSR count). The predicted octanol–water partition coefficient (Wildman–Crippen LogP) is 1.71. The molecule has 2 aliphatic heterocycles. The lowest BCUT2D eigenvalue weighted by molar-refractivity contribution is -0.130. The lowest BCUT2D eigenvalue weighted by Gasteiger charge is -2.26. The number of carbonyl (C=O) groups is 1. The molecule has 1 saturated heterocycles. The van der Waals surface area contributed by atoms with Crippen molar-refractivity contribution in [2.24, 2.45) is 0 Å². The molecule has 2 aliphatic rings. The van der Waals surface area contributed by atoms with E-state index in [4.69, 9.17) is 4.74 Å². The van der Waals surface area contributed by atoms with Crippen molar-refractivity contribution in [3.8, 4) is 11.8 Å². The highest BCUT2D eigenvalue weighted by Crippen LogP contribution is 2.27. The number of nitrogens with zero attached hydrogens (tertiary/aromatic N) is 1. The molecule has 4 nitrogen and oxygen atoms in total. The van der Waals surface area contributed by atoms with Gasteiger partial charge in [-0.3, -0.25) is 4.79 Å². The molecule has 0 aliphatic carbocycles. The van der Waals surface area contributed by atoms with Crippen molar-refractivity contribution in [1.29, 1.82) is 0 Å². The monoisotopic (exact) mass is 314 g/mol. The highest BCUT2D eigenvalue weighted by atomic mass is 32.2. The summed E-state index contributed by atoms with van der Waals surface area (Å²) in [5, 5.41) is 3.09. The largest absolute Gasteiger partial charge is 0.378 e. The van der Waals surface area contributed by atoms with E-state index < -0.39 is 0 Å². The molecular weight excluding hydrogens is 296 g/mol. The van der Waals surface area contributed by atoms with Gasteiger partial charge < -0.3 is 15.0 Å². The summed E-state index contributed by atoms with van der Waals surface area (Å²) >= 11 is 1.48. The Morgan fingerprint density at radius 3 is 2.77 bits per heavy atom. The number of hydrogen-bond donors (Lipinski definition) is 1. The predicted molar refractivity (Wildman–Crippen MR) is 88.1 cm³/mol. The number of ether oxygens (including phenoxy) is 1. The molecule has 1 fully saturated rings. The van der Waals surface area contributed by atoms with Gasteiger partial charge >= 0.3 is 0 Å². The second kappa shape index (κ2) is 6.91. The van der Waals surface area contributed by atoms with Crippen LogP contribution in [0.15, 0.2) is 35.4 Å². The minimum absolute atomic E-state index is 0.0682. The molecule has 0 saturated carbocycles. The average molecular weight is 314 g/mol. The summed E-state index contributed by atoms with van der Waals surface area (Å²) in [6.45, 7) is 4.62. The second-order valence-corrected chi connectivity index (χ2v) is 6.36. The Balaban J connectivity index is 1.57. The fourth-order valence-electron chi connectivity index (χ4n) is 2.24. The summed E-state index contributed by atoms with van der Waals surface area (Å²) in [7, 11) is 0. The lowest BCUT2D eigenvalue weighted by Crippen LogP contribution is -2.40. The zero-order valence-electron chi connectivity index (χ0n) is 12.5. The summed E-state index contributed by atoms with van der Waals surface area (Å²) in [6, 6.07) is 8.11. The number of thioether (sulfide) groups is 1. The van der Waals surface area contributed by atoms with Gasteiger partial charge in [-0.25, -0.2) is 0 Å². The van der Waals surface area contributed by atoms with Crippen LogP contribution in [0, 0.1) is 18.8 Å². The van der Waals surface area contributed by atoms with Crippen molar-refractivity contribution < 1.29 is 9.53 Å². The molecule has 1 aromatic carbocycles. The Morgan fingerprint density at radius 2 is 2.05 bits per heavy atom. The highest BCUT2D eigenvalue weighted by molar-refractivity contribution is 8.05. The van der Waals surface area contributed by atoms with Crippen LogP contribution in [0.25, 0.3) is 0 Å². The van der Waals surface area contributed by atoms with E-state index in [2.05, 4.69) is 24.1 Å². The van der Waals surface area contributed by atoms with Crippen LogP contribution < -0.4 is 5.32 Å². The summed E-state index contributed by atoms with van der Waals surface area (Å²) in [6.07, 6.45) is 1.77. The summed E-state index contributed by atoms with van der Waals surface area (Å²) in [5.41, 5.74) is 2.21. The van der Waals surface area contributed by atoms with Crippen LogP contribution in [0.1, 0.15) is 11.1 Å².